The molecule has 0 saturated carbocycles. The lowest BCUT2D eigenvalue weighted by Gasteiger charge is -1.95. The minimum absolute atomic E-state index is 0.107. The summed E-state index contributed by atoms with van der Waals surface area (Å²) in [6, 6.07) is 1.34. The van der Waals surface area contributed by atoms with Gasteiger partial charge < -0.3 is 4.40 Å². The summed E-state index contributed by atoms with van der Waals surface area (Å²) in [5.41, 5.74) is 0.701. The summed E-state index contributed by atoms with van der Waals surface area (Å²) in [7, 11) is 0. The highest BCUT2D eigenvalue weighted by molar-refractivity contribution is 6.30. The molecule has 2 nitrogen and oxygen atoms in total. The molecule has 0 bridgehead atoms. The normalized spacial score (nSPS) is 10.7. The maximum absolute atomic E-state index is 12.8. The molecular formula is C7H4ClFN2. The molecule has 56 valence electrons. The maximum atomic E-state index is 12.8. The van der Waals surface area contributed by atoms with Crippen molar-refractivity contribution in [3.05, 3.63) is 35.6 Å². The average molecular weight is 171 g/mol. The van der Waals surface area contributed by atoms with Gasteiger partial charge in [0.2, 0.25) is 0 Å². The van der Waals surface area contributed by atoms with E-state index in [9.17, 15) is 4.39 Å². The van der Waals surface area contributed by atoms with Gasteiger partial charge in [-0.15, -0.1) is 0 Å². The average Bonchev–Trinajstić information content (AvgIpc) is 2.36. The van der Waals surface area contributed by atoms with Crippen LogP contribution in [0, 0.1) is 5.82 Å². The van der Waals surface area contributed by atoms with Crippen molar-refractivity contribution in [3.8, 4) is 0 Å². The van der Waals surface area contributed by atoms with Crippen molar-refractivity contribution in [2.45, 2.75) is 0 Å². The number of pyridine rings is 1. The zero-order valence-corrected chi connectivity index (χ0v) is 6.22. The van der Waals surface area contributed by atoms with Gasteiger partial charge in [0.1, 0.15) is 5.82 Å². The Morgan fingerprint density at radius 2 is 2.36 bits per heavy atom. The molecule has 2 heterocycles. The molecule has 0 aliphatic carbocycles. The number of rotatable bonds is 0. The van der Waals surface area contributed by atoms with Gasteiger partial charge in [-0.25, -0.2) is 9.37 Å². The van der Waals surface area contributed by atoms with Gasteiger partial charge >= 0.3 is 0 Å². The maximum Gasteiger partial charge on any atom is 0.145 e. The van der Waals surface area contributed by atoms with Crippen molar-refractivity contribution >= 4 is 17.1 Å². The fraction of sp³-hybridized carbons (Fsp3) is 0. The minimum atomic E-state index is -0.417. The third-order valence-electron chi connectivity index (χ3n) is 1.45. The number of halogens is 2. The van der Waals surface area contributed by atoms with Crippen LogP contribution in [0.5, 0.6) is 0 Å². The molecule has 0 aliphatic heterocycles. The van der Waals surface area contributed by atoms with Crippen molar-refractivity contribution < 1.29 is 4.39 Å². The second-order valence-corrected chi connectivity index (χ2v) is 2.60. The predicted octanol–water partition coefficient (Wildman–Crippen LogP) is 2.13. The van der Waals surface area contributed by atoms with E-state index in [1.54, 1.807) is 16.9 Å². The number of fused-ring (bicyclic) bond motifs is 1. The summed E-state index contributed by atoms with van der Waals surface area (Å²) in [5, 5.41) is 0.107. The third kappa shape index (κ3) is 0.973. The van der Waals surface area contributed by atoms with E-state index < -0.39 is 5.82 Å². The lowest BCUT2D eigenvalue weighted by Crippen LogP contribution is -1.84. The molecule has 0 fully saturated rings. The SMILES string of the molecule is Fc1cc2cncn2cc1Cl. The molecule has 0 aromatic carbocycles. The van der Waals surface area contributed by atoms with Gasteiger partial charge in [0.25, 0.3) is 0 Å². The second-order valence-electron chi connectivity index (χ2n) is 2.20. The smallest absolute Gasteiger partial charge is 0.145 e. The Hall–Kier alpha value is -1.09. The van der Waals surface area contributed by atoms with Gasteiger partial charge in [0, 0.05) is 12.3 Å². The van der Waals surface area contributed by atoms with E-state index >= 15 is 0 Å². The second kappa shape index (κ2) is 2.20. The molecule has 11 heavy (non-hydrogen) atoms. The third-order valence-corrected chi connectivity index (χ3v) is 1.73. The molecule has 0 unspecified atom stereocenters. The molecule has 2 aromatic heterocycles. The van der Waals surface area contributed by atoms with Crippen LogP contribution in [0.1, 0.15) is 0 Å². The first kappa shape index (κ1) is 6.61. The Balaban J connectivity index is 2.86. The fourth-order valence-electron chi connectivity index (χ4n) is 0.917. The van der Waals surface area contributed by atoms with Crippen LogP contribution in [-0.2, 0) is 0 Å². The molecule has 0 N–H and O–H groups in total. The molecular weight excluding hydrogens is 167 g/mol. The number of nitrogens with zero attached hydrogens (tertiary/aromatic N) is 2. The zero-order chi connectivity index (χ0) is 7.84. The summed E-state index contributed by atoms with van der Waals surface area (Å²) in [6.45, 7) is 0. The molecule has 0 amide bonds. The van der Waals surface area contributed by atoms with Crippen LogP contribution in [0.3, 0.4) is 0 Å². The molecule has 2 rings (SSSR count). The summed E-state index contributed by atoms with van der Waals surface area (Å²) >= 11 is 5.52. The van der Waals surface area contributed by atoms with Crippen LogP contribution in [-0.4, -0.2) is 9.38 Å². The number of aromatic nitrogens is 2. The lowest BCUT2D eigenvalue weighted by atomic mass is 10.4. The zero-order valence-electron chi connectivity index (χ0n) is 5.46. The van der Waals surface area contributed by atoms with E-state index in [1.165, 1.54) is 12.3 Å². The molecule has 0 aliphatic rings. The Kier molecular flexibility index (Phi) is 1.32. The van der Waals surface area contributed by atoms with Crippen molar-refractivity contribution in [2.75, 3.05) is 0 Å². The molecule has 0 radical (unpaired) electrons. The highest BCUT2D eigenvalue weighted by atomic mass is 35.5. The lowest BCUT2D eigenvalue weighted by molar-refractivity contribution is 0.627. The summed E-state index contributed by atoms with van der Waals surface area (Å²) in [4.78, 5) is 3.82. The van der Waals surface area contributed by atoms with E-state index in [1.807, 2.05) is 0 Å². The van der Waals surface area contributed by atoms with Gasteiger partial charge in [0.15, 0.2) is 0 Å². The predicted molar refractivity (Wildman–Crippen MR) is 40.2 cm³/mol. The topological polar surface area (TPSA) is 17.3 Å². The van der Waals surface area contributed by atoms with Crippen LogP contribution in [0.15, 0.2) is 24.8 Å². The van der Waals surface area contributed by atoms with E-state index in [-0.39, 0.29) is 5.02 Å². The summed E-state index contributed by atoms with van der Waals surface area (Å²) in [5.74, 6) is -0.417. The van der Waals surface area contributed by atoms with Crippen LogP contribution in [0.4, 0.5) is 4.39 Å². The van der Waals surface area contributed by atoms with Crippen molar-refractivity contribution in [3.63, 3.8) is 0 Å². The minimum Gasteiger partial charge on any atom is -0.305 e. The number of imidazole rings is 1. The van der Waals surface area contributed by atoms with Gasteiger partial charge in [-0.1, -0.05) is 11.6 Å². The largest absolute Gasteiger partial charge is 0.305 e. The van der Waals surface area contributed by atoms with Crippen LogP contribution >= 0.6 is 11.6 Å². The Morgan fingerprint density at radius 1 is 1.55 bits per heavy atom. The Bertz CT molecular complexity index is 360. The van der Waals surface area contributed by atoms with Gasteiger partial charge in [-0.05, 0) is 0 Å². The van der Waals surface area contributed by atoms with E-state index in [0.717, 1.165) is 0 Å². The van der Waals surface area contributed by atoms with Gasteiger partial charge in [-0.3, -0.25) is 0 Å². The van der Waals surface area contributed by atoms with Gasteiger partial charge in [0.05, 0.1) is 23.1 Å². The first-order valence-electron chi connectivity index (χ1n) is 3.04. The first-order chi connectivity index (χ1) is 5.27. The Labute approximate surface area is 67.2 Å². The monoisotopic (exact) mass is 170 g/mol. The first-order valence-corrected chi connectivity index (χ1v) is 3.42. The quantitative estimate of drug-likeness (QED) is 0.592. The van der Waals surface area contributed by atoms with Crippen LogP contribution in [0.2, 0.25) is 5.02 Å². The molecule has 0 saturated heterocycles. The highest BCUT2D eigenvalue weighted by Crippen LogP contribution is 2.15. The van der Waals surface area contributed by atoms with Crippen LogP contribution < -0.4 is 0 Å². The van der Waals surface area contributed by atoms with E-state index in [2.05, 4.69) is 4.98 Å². The van der Waals surface area contributed by atoms with Crippen molar-refractivity contribution in [1.29, 1.82) is 0 Å². The fourth-order valence-corrected chi connectivity index (χ4v) is 1.08. The van der Waals surface area contributed by atoms with Gasteiger partial charge in [-0.2, -0.15) is 0 Å². The van der Waals surface area contributed by atoms with E-state index in [0.29, 0.717) is 5.52 Å². The molecule has 0 spiro atoms. The number of hydrogen-bond acceptors (Lipinski definition) is 1. The summed E-state index contributed by atoms with van der Waals surface area (Å²) in [6.07, 6.45) is 4.62. The molecule has 4 heteroatoms. The summed E-state index contributed by atoms with van der Waals surface area (Å²) < 4.78 is 14.4. The molecule has 0 atom stereocenters. The molecule has 2 aromatic rings. The highest BCUT2D eigenvalue weighted by Gasteiger charge is 2.00. The van der Waals surface area contributed by atoms with Crippen LogP contribution in [0.25, 0.3) is 5.52 Å². The number of hydrogen-bond donors (Lipinski definition) is 0. The van der Waals surface area contributed by atoms with Crippen molar-refractivity contribution in [2.24, 2.45) is 0 Å². The van der Waals surface area contributed by atoms with E-state index in [4.69, 9.17) is 11.6 Å². The Morgan fingerprint density at radius 3 is 3.18 bits per heavy atom. The standard InChI is InChI=1S/C7H4ClFN2/c8-6-3-11-4-10-2-5(11)1-7(6)9/h1-4H. The van der Waals surface area contributed by atoms with Crippen molar-refractivity contribution in [1.82, 2.24) is 9.38 Å².